The van der Waals surface area contributed by atoms with Gasteiger partial charge in [-0.15, -0.1) is 26.3 Å². The predicted octanol–water partition coefficient (Wildman–Crippen LogP) is 4.70. The third-order valence-corrected chi connectivity index (χ3v) is 5.74. The molecule has 0 aliphatic rings. The number of benzene rings is 2. The van der Waals surface area contributed by atoms with Crippen LogP contribution in [0.2, 0.25) is 0 Å². The van der Waals surface area contributed by atoms with Gasteiger partial charge in [0.1, 0.15) is 17.3 Å². The average Bonchev–Trinajstić information content (AvgIpc) is 3.20. The summed E-state index contributed by atoms with van der Waals surface area (Å²) in [6, 6.07) is 7.30. The Labute approximate surface area is 226 Å². The van der Waals surface area contributed by atoms with Crippen LogP contribution in [0.25, 0.3) is 22.6 Å². The molecule has 2 N–H and O–H groups in total. The molecule has 10 nitrogen and oxygen atoms in total. The fourth-order valence-electron chi connectivity index (χ4n) is 3.90. The third-order valence-electron chi connectivity index (χ3n) is 5.74. The first kappa shape index (κ1) is 29.5. The smallest absolute Gasteiger partial charge is 0.453 e. The quantitative estimate of drug-likeness (QED) is 0.287. The van der Waals surface area contributed by atoms with Gasteiger partial charge in [0.25, 0.3) is 5.56 Å². The van der Waals surface area contributed by atoms with Gasteiger partial charge in [0, 0.05) is 31.2 Å². The van der Waals surface area contributed by atoms with Crippen LogP contribution in [0.1, 0.15) is 13.8 Å². The fourth-order valence-corrected chi connectivity index (χ4v) is 3.90. The van der Waals surface area contributed by atoms with E-state index in [4.69, 9.17) is 4.74 Å². The van der Waals surface area contributed by atoms with E-state index in [1.807, 2.05) is 0 Å². The molecule has 0 radical (unpaired) electrons. The van der Waals surface area contributed by atoms with E-state index in [1.165, 1.54) is 17.7 Å². The summed E-state index contributed by atoms with van der Waals surface area (Å²) >= 11 is 0. The lowest BCUT2D eigenvalue weighted by molar-refractivity contribution is -0.275. The van der Waals surface area contributed by atoms with E-state index in [0.717, 1.165) is 41.0 Å². The second-order valence-corrected chi connectivity index (χ2v) is 9.66. The monoisotopic (exact) mass is 588 g/mol. The molecule has 2 aromatic carbocycles. The van der Waals surface area contributed by atoms with Gasteiger partial charge in [-0.3, -0.25) is 14.3 Å². The molecule has 0 saturated heterocycles. The van der Waals surface area contributed by atoms with Gasteiger partial charge in [0.2, 0.25) is 0 Å². The van der Waals surface area contributed by atoms with Crippen molar-refractivity contribution < 1.29 is 45.7 Å². The zero-order chi connectivity index (χ0) is 30.3. The molecule has 0 aliphatic carbocycles. The summed E-state index contributed by atoms with van der Waals surface area (Å²) in [5.74, 6) is -1.94. The first-order valence-electron chi connectivity index (χ1n) is 11.7. The molecule has 220 valence electrons. The number of nitrogens with one attached hydrogen (secondary N) is 1. The van der Waals surface area contributed by atoms with Gasteiger partial charge in [-0.1, -0.05) is 13.8 Å². The van der Waals surface area contributed by atoms with Crippen LogP contribution >= 0.6 is 0 Å². The number of hydrogen-bond acceptors (Lipinski definition) is 7. The first-order valence-corrected chi connectivity index (χ1v) is 11.7. The van der Waals surface area contributed by atoms with Crippen LogP contribution in [0.15, 0.2) is 52.1 Å². The molecule has 0 spiro atoms. The molecule has 0 amide bonds. The number of imidazole rings is 1. The summed E-state index contributed by atoms with van der Waals surface area (Å²) in [6.07, 6.45) is -10.1. The van der Waals surface area contributed by atoms with E-state index in [0.29, 0.717) is 0 Å². The molecule has 0 fully saturated rings. The molecule has 2 heterocycles. The number of aliphatic hydroxyl groups is 1. The Bertz CT molecular complexity index is 1690. The summed E-state index contributed by atoms with van der Waals surface area (Å²) < 4.78 is 92.7. The van der Waals surface area contributed by atoms with Crippen LogP contribution in [-0.4, -0.2) is 43.5 Å². The van der Waals surface area contributed by atoms with Crippen LogP contribution in [0.3, 0.4) is 0 Å². The minimum absolute atomic E-state index is 0.00104. The van der Waals surface area contributed by atoms with Crippen molar-refractivity contribution in [3.05, 3.63) is 63.3 Å². The number of aromatic amines is 1. The highest BCUT2D eigenvalue weighted by molar-refractivity contribution is 5.77. The Kier molecular flexibility index (Phi) is 7.55. The standard InChI is InChI=1S/C25H22F6N4O6/c1-23(2,12-36)11-35-20-18(21(37)33-22(35)38)34(3)19(32-20)13-4-9-16(17(10-13)41-25(29,30)31)39-14-5-7-15(8-6-14)40-24(26,27)28/h4-10,36H,11-12H2,1-3H3,(H,33,37,38). The summed E-state index contributed by atoms with van der Waals surface area (Å²) in [4.78, 5) is 31.7. The van der Waals surface area contributed by atoms with E-state index in [2.05, 4.69) is 19.4 Å². The van der Waals surface area contributed by atoms with Crippen LogP contribution < -0.4 is 25.5 Å². The van der Waals surface area contributed by atoms with Crippen molar-refractivity contribution in [3.8, 4) is 34.4 Å². The molecule has 0 aliphatic heterocycles. The maximum atomic E-state index is 13.3. The minimum atomic E-state index is -5.15. The van der Waals surface area contributed by atoms with E-state index < -0.39 is 46.6 Å². The Hall–Kier alpha value is -4.47. The number of ether oxygens (including phenoxy) is 3. The molecule has 0 bridgehead atoms. The molecule has 4 aromatic rings. The van der Waals surface area contributed by atoms with E-state index in [-0.39, 0.29) is 41.5 Å². The van der Waals surface area contributed by atoms with Crippen molar-refractivity contribution in [2.24, 2.45) is 12.5 Å². The zero-order valence-electron chi connectivity index (χ0n) is 21.6. The first-order chi connectivity index (χ1) is 19.0. The van der Waals surface area contributed by atoms with Crippen LogP contribution in [0, 0.1) is 5.41 Å². The Balaban J connectivity index is 1.78. The number of aliphatic hydroxyl groups excluding tert-OH is 1. The maximum Gasteiger partial charge on any atom is 0.573 e. The number of hydrogen-bond donors (Lipinski definition) is 2. The molecular weight excluding hydrogens is 566 g/mol. The number of halogens is 6. The summed E-state index contributed by atoms with van der Waals surface area (Å²) in [5.41, 5.74) is -2.41. The fraction of sp³-hybridized carbons (Fsp3) is 0.320. The van der Waals surface area contributed by atoms with Gasteiger partial charge in [-0.2, -0.15) is 0 Å². The summed E-state index contributed by atoms with van der Waals surface area (Å²) in [6.45, 7) is 3.03. The molecule has 2 aromatic heterocycles. The number of fused-ring (bicyclic) bond motifs is 1. The molecular formula is C25H22F6N4O6. The Morgan fingerprint density at radius 1 is 0.902 bits per heavy atom. The second kappa shape index (κ2) is 10.5. The largest absolute Gasteiger partial charge is 0.573 e. The average molecular weight is 588 g/mol. The number of aryl methyl sites for hydroxylation is 1. The lowest BCUT2D eigenvalue weighted by Crippen LogP contribution is -2.36. The van der Waals surface area contributed by atoms with E-state index in [1.54, 1.807) is 13.8 Å². The van der Waals surface area contributed by atoms with Crippen LogP contribution in [0.5, 0.6) is 23.0 Å². The minimum Gasteiger partial charge on any atom is -0.453 e. The topological polar surface area (TPSA) is 121 Å². The van der Waals surface area contributed by atoms with Crippen molar-refractivity contribution in [1.82, 2.24) is 19.1 Å². The highest BCUT2D eigenvalue weighted by atomic mass is 19.4. The maximum absolute atomic E-state index is 13.3. The van der Waals surface area contributed by atoms with Crippen LogP contribution in [0.4, 0.5) is 26.3 Å². The summed E-state index contributed by atoms with van der Waals surface area (Å²) in [7, 11) is 1.42. The zero-order valence-corrected chi connectivity index (χ0v) is 21.6. The Morgan fingerprint density at radius 3 is 2.10 bits per heavy atom. The SMILES string of the molecule is Cn1c(-c2ccc(Oc3ccc(OC(F)(F)F)cc3)c(OC(F)(F)F)c2)nc2c1c(=O)[nH]c(=O)n2CC(C)(C)CO. The number of H-pyrrole nitrogens is 1. The van der Waals surface area contributed by atoms with Crippen molar-refractivity contribution in [2.75, 3.05) is 6.61 Å². The van der Waals surface area contributed by atoms with Gasteiger partial charge < -0.3 is 23.9 Å². The van der Waals surface area contributed by atoms with Crippen LogP contribution in [-0.2, 0) is 13.6 Å². The predicted molar refractivity (Wildman–Crippen MR) is 132 cm³/mol. The second-order valence-electron chi connectivity index (χ2n) is 9.66. The van der Waals surface area contributed by atoms with Gasteiger partial charge in [-0.25, -0.2) is 9.78 Å². The summed E-state index contributed by atoms with van der Waals surface area (Å²) in [5, 5.41) is 9.64. The highest BCUT2D eigenvalue weighted by Crippen LogP contribution is 2.39. The molecule has 0 saturated carbocycles. The number of nitrogens with zero attached hydrogens (tertiary/aromatic N) is 3. The number of alkyl halides is 6. The van der Waals surface area contributed by atoms with Crippen molar-refractivity contribution in [3.63, 3.8) is 0 Å². The highest BCUT2D eigenvalue weighted by Gasteiger charge is 2.34. The third kappa shape index (κ3) is 6.82. The van der Waals surface area contributed by atoms with Gasteiger partial charge in [0.05, 0.1) is 0 Å². The lowest BCUT2D eigenvalue weighted by atomic mass is 9.95. The van der Waals surface area contributed by atoms with Gasteiger partial charge in [0.15, 0.2) is 22.7 Å². The van der Waals surface area contributed by atoms with Crippen molar-refractivity contribution >= 4 is 11.2 Å². The molecule has 16 heteroatoms. The molecule has 0 atom stereocenters. The lowest BCUT2D eigenvalue weighted by Gasteiger charge is -2.22. The van der Waals surface area contributed by atoms with E-state index >= 15 is 0 Å². The van der Waals surface area contributed by atoms with Gasteiger partial charge >= 0.3 is 18.4 Å². The molecule has 4 rings (SSSR count). The van der Waals surface area contributed by atoms with E-state index in [9.17, 15) is 41.0 Å². The number of rotatable bonds is 8. The molecule has 41 heavy (non-hydrogen) atoms. The van der Waals surface area contributed by atoms with Crippen molar-refractivity contribution in [2.45, 2.75) is 33.1 Å². The number of aromatic nitrogens is 4. The normalized spacial score (nSPS) is 12.5. The van der Waals surface area contributed by atoms with Crippen molar-refractivity contribution in [1.29, 1.82) is 0 Å². The Morgan fingerprint density at radius 2 is 1.51 bits per heavy atom. The molecule has 0 unspecified atom stereocenters. The van der Waals surface area contributed by atoms with Gasteiger partial charge in [-0.05, 0) is 42.5 Å².